The van der Waals surface area contributed by atoms with E-state index in [1.807, 2.05) is 0 Å². The predicted octanol–water partition coefficient (Wildman–Crippen LogP) is -0.152. The Morgan fingerprint density at radius 3 is 3.18 bits per heavy atom. The lowest BCUT2D eigenvalue weighted by atomic mass is 10.6. The van der Waals surface area contributed by atoms with E-state index in [4.69, 9.17) is 0 Å². The first-order valence-electron chi connectivity index (χ1n) is 3.06. The summed E-state index contributed by atoms with van der Waals surface area (Å²) < 4.78 is 4.62. The third-order valence-corrected chi connectivity index (χ3v) is 0.909. The summed E-state index contributed by atoms with van der Waals surface area (Å²) in [5.74, 6) is -0.562. The van der Waals surface area contributed by atoms with Crippen LogP contribution in [-0.2, 0) is 4.74 Å². The van der Waals surface area contributed by atoms with Gasteiger partial charge in [-0.15, -0.1) is 0 Å². The van der Waals surface area contributed by atoms with Crippen molar-refractivity contribution in [3.8, 4) is 0 Å². The Morgan fingerprint density at radius 2 is 2.64 bits per heavy atom. The Labute approximate surface area is 63.5 Å². The first kappa shape index (κ1) is 7.59. The Kier molecular flexibility index (Phi) is 2.48. The lowest BCUT2D eigenvalue weighted by Gasteiger charge is -1.96. The third kappa shape index (κ3) is 1.96. The highest BCUT2D eigenvalue weighted by atomic mass is 16.5. The van der Waals surface area contributed by atoms with Crippen LogP contribution in [0.25, 0.3) is 0 Å². The average Bonchev–Trinajstić information content (AvgIpc) is 2.07. The molecular weight excluding hydrogens is 146 g/mol. The van der Waals surface area contributed by atoms with Gasteiger partial charge in [-0.2, -0.15) is 4.98 Å². The molecule has 0 amide bonds. The third-order valence-electron chi connectivity index (χ3n) is 0.909. The molecule has 1 aromatic heterocycles. The summed E-state index contributed by atoms with van der Waals surface area (Å²) in [6.07, 6.45) is 3.43. The predicted molar refractivity (Wildman–Crippen MR) is 34.6 cm³/mol. The number of ether oxygens (including phenoxy) is 1. The van der Waals surface area contributed by atoms with Gasteiger partial charge in [0.15, 0.2) is 0 Å². The fraction of sp³-hybridized carbons (Fsp3) is 0.333. The molecule has 5 heteroatoms. The number of hydrogen-bond acceptors (Lipinski definition) is 5. The van der Waals surface area contributed by atoms with Gasteiger partial charge in [0.25, 0.3) is 0 Å². The van der Waals surface area contributed by atoms with Gasteiger partial charge in [-0.1, -0.05) is 0 Å². The fourth-order valence-electron chi connectivity index (χ4n) is 0.508. The maximum Gasteiger partial charge on any atom is 0.376 e. The van der Waals surface area contributed by atoms with Crippen LogP contribution in [-0.4, -0.2) is 27.5 Å². The van der Waals surface area contributed by atoms with Gasteiger partial charge in [-0.25, -0.2) is 14.8 Å². The Hall–Kier alpha value is -1.52. The maximum atomic E-state index is 10.8. The van der Waals surface area contributed by atoms with Gasteiger partial charge in [0.05, 0.1) is 6.61 Å². The van der Waals surface area contributed by atoms with Crippen LogP contribution >= 0.6 is 0 Å². The van der Waals surface area contributed by atoms with E-state index in [1.54, 1.807) is 6.92 Å². The number of carbonyl (C=O) groups is 1. The monoisotopic (exact) mass is 152 g/mol. The molecule has 1 rings (SSSR count). The molecule has 1 heterocycles. The van der Waals surface area contributed by atoms with Crippen LogP contribution in [0.1, 0.15) is 17.5 Å². The van der Waals surface area contributed by atoms with Crippen molar-refractivity contribution in [2.24, 2.45) is 0 Å². The van der Waals surface area contributed by atoms with Crippen LogP contribution < -0.4 is 0 Å². The molecule has 0 saturated carbocycles. The van der Waals surface area contributed by atoms with Gasteiger partial charge >= 0.3 is 5.97 Å². The quantitative estimate of drug-likeness (QED) is 0.551. The average molecular weight is 152 g/mol. The lowest BCUT2D eigenvalue weighted by Crippen LogP contribution is -2.09. The molecule has 0 atom stereocenters. The molecule has 0 saturated heterocycles. The van der Waals surface area contributed by atoms with E-state index in [0.29, 0.717) is 6.61 Å². The molecule has 0 aliphatic carbocycles. The molecule has 0 spiro atoms. The topological polar surface area (TPSA) is 65.0 Å². The van der Waals surface area contributed by atoms with Crippen molar-refractivity contribution in [3.63, 3.8) is 0 Å². The van der Waals surface area contributed by atoms with Gasteiger partial charge in [0.1, 0.15) is 6.33 Å². The van der Waals surface area contributed by atoms with Crippen molar-refractivity contribution in [1.82, 2.24) is 15.0 Å². The Bertz CT molecular complexity index is 237. The van der Waals surface area contributed by atoms with Crippen molar-refractivity contribution in [2.45, 2.75) is 6.92 Å². The zero-order valence-electron chi connectivity index (χ0n) is 5.94. The SMILES string of the molecule is CCOC(=O)c1n[c]ncn1. The van der Waals surface area contributed by atoms with Gasteiger partial charge < -0.3 is 4.74 Å². The van der Waals surface area contributed by atoms with E-state index in [1.165, 1.54) is 6.33 Å². The number of rotatable bonds is 2. The summed E-state index contributed by atoms with van der Waals surface area (Å²) >= 11 is 0. The van der Waals surface area contributed by atoms with Crippen LogP contribution in [0.2, 0.25) is 0 Å². The molecule has 11 heavy (non-hydrogen) atoms. The van der Waals surface area contributed by atoms with Crippen LogP contribution in [0.4, 0.5) is 0 Å². The van der Waals surface area contributed by atoms with Gasteiger partial charge in [0.2, 0.25) is 12.2 Å². The van der Waals surface area contributed by atoms with Crippen LogP contribution in [0, 0.1) is 6.33 Å². The first-order chi connectivity index (χ1) is 5.34. The smallest absolute Gasteiger partial charge is 0.376 e. The minimum absolute atomic E-state index is 0.0122. The molecular formula is C6H6N3O2. The summed E-state index contributed by atoms with van der Waals surface area (Å²) in [5.41, 5.74) is 0. The molecule has 0 bridgehead atoms. The molecule has 5 nitrogen and oxygen atoms in total. The maximum absolute atomic E-state index is 10.8. The van der Waals surface area contributed by atoms with Crippen LogP contribution in [0.3, 0.4) is 0 Å². The lowest BCUT2D eigenvalue weighted by molar-refractivity contribution is 0.0511. The largest absolute Gasteiger partial charge is 0.460 e. The molecule has 1 radical (unpaired) electrons. The Balaban J connectivity index is 2.69. The summed E-state index contributed by atoms with van der Waals surface area (Å²) in [5, 5.41) is 0. The van der Waals surface area contributed by atoms with E-state index >= 15 is 0 Å². The van der Waals surface area contributed by atoms with Gasteiger partial charge in [-0.05, 0) is 6.92 Å². The minimum Gasteiger partial charge on any atom is -0.460 e. The zero-order valence-corrected chi connectivity index (χ0v) is 5.94. The van der Waals surface area contributed by atoms with E-state index in [0.717, 1.165) is 0 Å². The highest BCUT2D eigenvalue weighted by Crippen LogP contribution is 1.88. The van der Waals surface area contributed by atoms with Crippen LogP contribution in [0.5, 0.6) is 0 Å². The van der Waals surface area contributed by atoms with Crippen molar-refractivity contribution in [3.05, 3.63) is 18.5 Å². The number of nitrogens with zero attached hydrogens (tertiary/aromatic N) is 3. The Morgan fingerprint density at radius 1 is 1.82 bits per heavy atom. The van der Waals surface area contributed by atoms with E-state index in [-0.39, 0.29) is 5.82 Å². The molecule has 0 aliphatic heterocycles. The molecule has 1 aromatic rings. The van der Waals surface area contributed by atoms with E-state index in [9.17, 15) is 4.79 Å². The first-order valence-corrected chi connectivity index (χ1v) is 3.06. The second kappa shape index (κ2) is 3.60. The van der Waals surface area contributed by atoms with Crippen molar-refractivity contribution in [2.75, 3.05) is 6.61 Å². The van der Waals surface area contributed by atoms with Crippen molar-refractivity contribution < 1.29 is 9.53 Å². The second-order valence-electron chi connectivity index (χ2n) is 1.63. The summed E-state index contributed by atoms with van der Waals surface area (Å²) in [7, 11) is 0. The van der Waals surface area contributed by atoms with Crippen LogP contribution in [0.15, 0.2) is 6.33 Å². The summed E-state index contributed by atoms with van der Waals surface area (Å²) in [6.45, 7) is 2.02. The van der Waals surface area contributed by atoms with Crippen molar-refractivity contribution in [1.29, 1.82) is 0 Å². The van der Waals surface area contributed by atoms with E-state index < -0.39 is 5.97 Å². The minimum atomic E-state index is -0.550. The molecule has 0 aliphatic rings. The van der Waals surface area contributed by atoms with Crippen molar-refractivity contribution >= 4 is 5.97 Å². The second-order valence-corrected chi connectivity index (χ2v) is 1.63. The molecule has 57 valence electrons. The molecule has 0 aromatic carbocycles. The number of aromatic nitrogens is 3. The summed E-state index contributed by atoms with van der Waals surface area (Å²) in [4.78, 5) is 21.3. The highest BCUT2D eigenvalue weighted by Gasteiger charge is 2.07. The fourth-order valence-corrected chi connectivity index (χ4v) is 0.508. The van der Waals surface area contributed by atoms with Gasteiger partial charge in [-0.3, -0.25) is 0 Å². The summed E-state index contributed by atoms with van der Waals surface area (Å²) in [6, 6.07) is 0. The number of esters is 1. The molecule has 0 unspecified atom stereocenters. The number of carbonyl (C=O) groups excluding carboxylic acids is 1. The zero-order chi connectivity index (χ0) is 8.10. The van der Waals surface area contributed by atoms with E-state index in [2.05, 4.69) is 26.0 Å². The standard InChI is InChI=1S/C6H6N3O2/c1-2-11-6(10)5-8-3-7-4-9-5/h3H,2H2,1H3. The normalized spacial score (nSPS) is 9.18. The highest BCUT2D eigenvalue weighted by molar-refractivity contribution is 5.84. The molecule has 0 N–H and O–H groups in total. The van der Waals surface area contributed by atoms with Gasteiger partial charge in [0, 0.05) is 0 Å². The number of hydrogen-bond donors (Lipinski definition) is 0. The molecule has 0 fully saturated rings.